The van der Waals surface area contributed by atoms with Crippen LogP contribution in [-0.2, 0) is 0 Å². The molecule has 1 aromatic carbocycles. The molecule has 2 aliphatic rings. The van der Waals surface area contributed by atoms with Crippen molar-refractivity contribution in [1.29, 1.82) is 0 Å². The van der Waals surface area contributed by atoms with Crippen molar-refractivity contribution in [2.75, 3.05) is 6.54 Å². The highest BCUT2D eigenvalue weighted by Crippen LogP contribution is 2.54. The maximum absolute atomic E-state index is 13.2. The van der Waals surface area contributed by atoms with Crippen LogP contribution in [0.25, 0.3) is 0 Å². The number of benzene rings is 1. The summed E-state index contributed by atoms with van der Waals surface area (Å²) < 4.78 is 19.3. The second kappa shape index (κ2) is 5.12. The van der Waals surface area contributed by atoms with E-state index in [1.54, 1.807) is 6.07 Å². The summed E-state index contributed by atoms with van der Waals surface area (Å²) in [6, 6.07) is 7.10. The van der Waals surface area contributed by atoms with Crippen LogP contribution in [0.5, 0.6) is 5.75 Å². The molecule has 0 bridgehead atoms. The van der Waals surface area contributed by atoms with E-state index in [1.807, 2.05) is 6.07 Å². The minimum absolute atomic E-state index is 0.222. The van der Waals surface area contributed by atoms with Crippen LogP contribution < -0.4 is 10.1 Å². The lowest BCUT2D eigenvalue weighted by Crippen LogP contribution is -2.63. The van der Waals surface area contributed by atoms with E-state index in [-0.39, 0.29) is 11.9 Å². The summed E-state index contributed by atoms with van der Waals surface area (Å²) in [6.07, 6.45) is 6.37. The molecule has 0 radical (unpaired) electrons. The van der Waals surface area contributed by atoms with E-state index >= 15 is 0 Å². The molecule has 2 aliphatic carbocycles. The van der Waals surface area contributed by atoms with Gasteiger partial charge < -0.3 is 10.1 Å². The number of halogens is 1. The first-order valence-electron chi connectivity index (χ1n) is 7.40. The van der Waals surface area contributed by atoms with Crippen LogP contribution in [-0.4, -0.2) is 18.7 Å². The Morgan fingerprint density at radius 2 is 2.16 bits per heavy atom. The van der Waals surface area contributed by atoms with E-state index in [4.69, 9.17) is 4.74 Å². The van der Waals surface area contributed by atoms with E-state index < -0.39 is 0 Å². The third-order valence-corrected chi connectivity index (χ3v) is 4.84. The average Bonchev–Trinajstić information content (AvgIpc) is 2.90. The molecule has 0 amide bonds. The predicted octanol–water partition coefficient (Wildman–Crippen LogP) is 3.52. The monoisotopic (exact) mass is 263 g/mol. The van der Waals surface area contributed by atoms with Crippen molar-refractivity contribution in [3.8, 4) is 5.75 Å². The summed E-state index contributed by atoms with van der Waals surface area (Å²) in [4.78, 5) is 0. The number of nitrogens with one attached hydrogen (secondary N) is 1. The highest BCUT2D eigenvalue weighted by atomic mass is 19.1. The lowest BCUT2D eigenvalue weighted by atomic mass is 9.60. The molecule has 104 valence electrons. The topological polar surface area (TPSA) is 21.3 Å². The van der Waals surface area contributed by atoms with Crippen molar-refractivity contribution in [1.82, 2.24) is 5.32 Å². The molecule has 2 nitrogen and oxygen atoms in total. The number of ether oxygens (including phenoxy) is 1. The maximum atomic E-state index is 13.2. The summed E-state index contributed by atoms with van der Waals surface area (Å²) in [7, 11) is 0. The SMILES string of the molecule is CCNC1CC(Oc2cccc(F)c2)C12CCCC2. The van der Waals surface area contributed by atoms with Gasteiger partial charge in [-0.3, -0.25) is 0 Å². The number of hydrogen-bond donors (Lipinski definition) is 1. The Kier molecular flexibility index (Phi) is 3.48. The van der Waals surface area contributed by atoms with E-state index in [0.717, 1.165) is 13.0 Å². The maximum Gasteiger partial charge on any atom is 0.126 e. The van der Waals surface area contributed by atoms with Gasteiger partial charge in [-0.05, 0) is 31.5 Å². The van der Waals surface area contributed by atoms with Crippen molar-refractivity contribution < 1.29 is 9.13 Å². The Morgan fingerprint density at radius 3 is 2.84 bits per heavy atom. The fraction of sp³-hybridized carbons (Fsp3) is 0.625. The fourth-order valence-corrected chi connectivity index (χ4v) is 3.85. The standard InChI is InChI=1S/C16H22FNO/c1-2-18-14-11-15(16(14)8-3-4-9-16)19-13-7-5-6-12(17)10-13/h5-7,10,14-15,18H,2-4,8-9,11H2,1H3. The molecular weight excluding hydrogens is 241 g/mol. The zero-order chi connectivity index (χ0) is 13.3. The van der Waals surface area contributed by atoms with Crippen LogP contribution in [0.2, 0.25) is 0 Å². The van der Waals surface area contributed by atoms with Crippen molar-refractivity contribution in [2.45, 2.75) is 51.2 Å². The molecule has 2 unspecified atom stereocenters. The molecule has 0 heterocycles. The van der Waals surface area contributed by atoms with Crippen molar-refractivity contribution >= 4 is 0 Å². The quantitative estimate of drug-likeness (QED) is 0.897. The molecule has 0 aliphatic heterocycles. The van der Waals surface area contributed by atoms with Gasteiger partial charge in [0, 0.05) is 23.9 Å². The summed E-state index contributed by atoms with van der Waals surface area (Å²) in [5, 5.41) is 3.59. The Balaban J connectivity index is 1.72. The molecule has 0 aromatic heterocycles. The first kappa shape index (κ1) is 12.9. The summed E-state index contributed by atoms with van der Waals surface area (Å²) in [5.41, 5.74) is 0.294. The molecule has 2 saturated carbocycles. The largest absolute Gasteiger partial charge is 0.490 e. The van der Waals surface area contributed by atoms with Gasteiger partial charge in [0.05, 0.1) is 0 Å². The Morgan fingerprint density at radius 1 is 1.37 bits per heavy atom. The van der Waals surface area contributed by atoms with Crippen LogP contribution >= 0.6 is 0 Å². The molecule has 19 heavy (non-hydrogen) atoms. The van der Waals surface area contributed by atoms with Gasteiger partial charge in [0.15, 0.2) is 0 Å². The van der Waals surface area contributed by atoms with Gasteiger partial charge in [-0.2, -0.15) is 0 Å². The Hall–Kier alpha value is -1.09. The number of rotatable bonds is 4. The van der Waals surface area contributed by atoms with Gasteiger partial charge in [-0.15, -0.1) is 0 Å². The van der Waals surface area contributed by atoms with Gasteiger partial charge in [0.2, 0.25) is 0 Å². The summed E-state index contributed by atoms with van der Waals surface area (Å²) in [5.74, 6) is 0.451. The highest BCUT2D eigenvalue weighted by Gasteiger charge is 2.57. The van der Waals surface area contributed by atoms with Crippen LogP contribution in [0.3, 0.4) is 0 Å². The zero-order valence-corrected chi connectivity index (χ0v) is 11.5. The second-order valence-electron chi connectivity index (χ2n) is 5.85. The Labute approximate surface area is 114 Å². The van der Waals surface area contributed by atoms with Crippen LogP contribution in [0.4, 0.5) is 4.39 Å². The normalized spacial score (nSPS) is 28.3. The van der Waals surface area contributed by atoms with Crippen LogP contribution in [0.1, 0.15) is 39.0 Å². The van der Waals surface area contributed by atoms with Gasteiger partial charge in [0.1, 0.15) is 17.7 Å². The lowest BCUT2D eigenvalue weighted by Gasteiger charge is -2.54. The summed E-state index contributed by atoms with van der Waals surface area (Å²) >= 11 is 0. The van der Waals surface area contributed by atoms with Gasteiger partial charge in [0.25, 0.3) is 0 Å². The molecule has 3 rings (SSSR count). The molecule has 1 spiro atoms. The van der Waals surface area contributed by atoms with Crippen molar-refractivity contribution in [3.05, 3.63) is 30.1 Å². The molecule has 2 atom stereocenters. The van der Waals surface area contributed by atoms with E-state index in [2.05, 4.69) is 12.2 Å². The number of hydrogen-bond acceptors (Lipinski definition) is 2. The molecule has 2 fully saturated rings. The van der Waals surface area contributed by atoms with Crippen LogP contribution in [0.15, 0.2) is 24.3 Å². The molecule has 0 saturated heterocycles. The van der Waals surface area contributed by atoms with Crippen molar-refractivity contribution in [2.24, 2.45) is 5.41 Å². The lowest BCUT2D eigenvalue weighted by molar-refractivity contribution is -0.0756. The third kappa shape index (κ3) is 2.25. The smallest absolute Gasteiger partial charge is 0.126 e. The summed E-state index contributed by atoms with van der Waals surface area (Å²) in [6.45, 7) is 3.17. The van der Waals surface area contributed by atoms with E-state index in [9.17, 15) is 4.39 Å². The predicted molar refractivity (Wildman–Crippen MR) is 73.8 cm³/mol. The Bertz CT molecular complexity index is 442. The van der Waals surface area contributed by atoms with Crippen molar-refractivity contribution in [3.63, 3.8) is 0 Å². The first-order chi connectivity index (χ1) is 9.24. The van der Waals surface area contributed by atoms with Gasteiger partial charge >= 0.3 is 0 Å². The molecule has 1 N–H and O–H groups in total. The van der Waals surface area contributed by atoms with E-state index in [1.165, 1.54) is 37.8 Å². The van der Waals surface area contributed by atoms with Crippen LogP contribution in [0, 0.1) is 11.2 Å². The molecular formula is C16H22FNO. The first-order valence-corrected chi connectivity index (χ1v) is 7.40. The average molecular weight is 263 g/mol. The fourth-order valence-electron chi connectivity index (χ4n) is 3.85. The molecule has 3 heteroatoms. The van der Waals surface area contributed by atoms with Gasteiger partial charge in [-0.25, -0.2) is 4.39 Å². The minimum atomic E-state index is -0.222. The second-order valence-corrected chi connectivity index (χ2v) is 5.85. The zero-order valence-electron chi connectivity index (χ0n) is 11.5. The molecule has 1 aromatic rings. The minimum Gasteiger partial charge on any atom is -0.490 e. The highest BCUT2D eigenvalue weighted by molar-refractivity contribution is 5.24. The van der Waals surface area contributed by atoms with E-state index in [0.29, 0.717) is 17.2 Å². The third-order valence-electron chi connectivity index (χ3n) is 4.84. The van der Waals surface area contributed by atoms with Gasteiger partial charge in [-0.1, -0.05) is 25.8 Å².